The number of benzene rings is 3. The summed E-state index contributed by atoms with van der Waals surface area (Å²) in [6.45, 7) is 3.52. The summed E-state index contributed by atoms with van der Waals surface area (Å²) in [6.07, 6.45) is 1.62. The highest BCUT2D eigenvalue weighted by molar-refractivity contribution is 7.92. The second kappa shape index (κ2) is 10.3. The first kappa shape index (κ1) is 23.8. The summed E-state index contributed by atoms with van der Waals surface area (Å²) in [6, 6.07) is 19.6. The minimum atomic E-state index is -4.06. The Kier molecular flexibility index (Phi) is 7.17. The maximum atomic E-state index is 13.9. The zero-order valence-corrected chi connectivity index (χ0v) is 19.7. The Balaban J connectivity index is 1.42. The highest BCUT2D eigenvalue weighted by Gasteiger charge is 2.26. The number of anilines is 1. The second-order valence-electron chi connectivity index (χ2n) is 8.42. The number of ether oxygens (including phenoxy) is 1. The Bertz CT molecular complexity index is 1260. The summed E-state index contributed by atoms with van der Waals surface area (Å²) in [5.74, 6) is 0.303. The van der Waals surface area contributed by atoms with Gasteiger partial charge < -0.3 is 9.64 Å². The topological polar surface area (TPSA) is 75.7 Å². The Morgan fingerprint density at radius 1 is 1.03 bits per heavy atom. The zero-order valence-electron chi connectivity index (χ0n) is 18.9. The van der Waals surface area contributed by atoms with Gasteiger partial charge >= 0.3 is 0 Å². The fourth-order valence-electron chi connectivity index (χ4n) is 3.95. The molecule has 0 spiro atoms. The third-order valence-corrected chi connectivity index (χ3v) is 7.36. The molecule has 1 amide bonds. The van der Waals surface area contributed by atoms with E-state index >= 15 is 0 Å². The monoisotopic (exact) mass is 482 g/mol. The lowest BCUT2D eigenvalue weighted by molar-refractivity contribution is 0.0660. The van der Waals surface area contributed by atoms with E-state index in [1.165, 1.54) is 30.3 Å². The number of sulfonamides is 1. The number of hydrogen-bond acceptors (Lipinski definition) is 4. The van der Waals surface area contributed by atoms with Crippen LogP contribution < -0.4 is 9.46 Å². The van der Waals surface area contributed by atoms with E-state index in [9.17, 15) is 17.6 Å². The number of carbonyl (C=O) groups is 1. The van der Waals surface area contributed by atoms with Gasteiger partial charge in [-0.1, -0.05) is 36.4 Å². The predicted molar refractivity (Wildman–Crippen MR) is 129 cm³/mol. The summed E-state index contributed by atoms with van der Waals surface area (Å²) < 4.78 is 47.7. The van der Waals surface area contributed by atoms with Gasteiger partial charge in [-0.05, 0) is 67.6 Å². The van der Waals surface area contributed by atoms with Crippen LogP contribution in [0.4, 0.5) is 10.1 Å². The molecule has 178 valence electrons. The first-order chi connectivity index (χ1) is 16.3. The van der Waals surface area contributed by atoms with Gasteiger partial charge in [0.2, 0.25) is 0 Å². The quantitative estimate of drug-likeness (QED) is 0.522. The Morgan fingerprint density at radius 2 is 1.71 bits per heavy atom. The molecule has 0 aromatic heterocycles. The summed E-state index contributed by atoms with van der Waals surface area (Å²) in [5, 5.41) is 0. The SMILES string of the molecule is Cc1ccc(S(=O)(=O)Nc2ccccc2F)cc1C(=O)N1CCC(COc2ccccc2)CC1. The number of likely N-dealkylation sites (tertiary alicyclic amines) is 1. The lowest BCUT2D eigenvalue weighted by Crippen LogP contribution is -2.40. The van der Waals surface area contributed by atoms with Gasteiger partial charge in [0.1, 0.15) is 11.6 Å². The molecule has 3 aromatic carbocycles. The second-order valence-corrected chi connectivity index (χ2v) is 10.1. The molecule has 1 heterocycles. The number of aryl methyl sites for hydroxylation is 1. The van der Waals surface area contributed by atoms with E-state index in [0.717, 1.165) is 18.6 Å². The number of hydrogen-bond donors (Lipinski definition) is 1. The van der Waals surface area contributed by atoms with E-state index in [1.54, 1.807) is 24.0 Å². The van der Waals surface area contributed by atoms with E-state index in [-0.39, 0.29) is 16.5 Å². The Hall–Kier alpha value is -3.39. The van der Waals surface area contributed by atoms with Crippen molar-refractivity contribution in [2.24, 2.45) is 5.92 Å². The number of halogens is 1. The van der Waals surface area contributed by atoms with Crippen molar-refractivity contribution >= 4 is 21.6 Å². The minimum Gasteiger partial charge on any atom is -0.493 e. The van der Waals surface area contributed by atoms with Crippen LogP contribution in [0.5, 0.6) is 5.75 Å². The molecule has 1 fully saturated rings. The molecule has 0 radical (unpaired) electrons. The van der Waals surface area contributed by atoms with Crippen LogP contribution in [0.25, 0.3) is 0 Å². The maximum absolute atomic E-state index is 13.9. The van der Waals surface area contributed by atoms with Crippen molar-refractivity contribution in [2.75, 3.05) is 24.4 Å². The number of para-hydroxylation sites is 2. The molecule has 0 saturated carbocycles. The van der Waals surface area contributed by atoms with Gasteiger partial charge in [0.15, 0.2) is 0 Å². The molecule has 8 heteroatoms. The van der Waals surface area contributed by atoms with Crippen LogP contribution in [0.1, 0.15) is 28.8 Å². The van der Waals surface area contributed by atoms with E-state index in [1.807, 2.05) is 30.3 Å². The summed E-state index contributed by atoms with van der Waals surface area (Å²) >= 11 is 0. The van der Waals surface area contributed by atoms with Gasteiger partial charge in [0.25, 0.3) is 15.9 Å². The number of nitrogens with zero attached hydrogens (tertiary/aromatic N) is 1. The number of nitrogens with one attached hydrogen (secondary N) is 1. The minimum absolute atomic E-state index is 0.0872. The Morgan fingerprint density at radius 3 is 2.41 bits per heavy atom. The molecule has 34 heavy (non-hydrogen) atoms. The lowest BCUT2D eigenvalue weighted by atomic mass is 9.96. The van der Waals surface area contributed by atoms with Crippen molar-refractivity contribution in [1.82, 2.24) is 4.90 Å². The van der Waals surface area contributed by atoms with Crippen LogP contribution in [0, 0.1) is 18.7 Å². The number of amides is 1. The third kappa shape index (κ3) is 5.56. The van der Waals surface area contributed by atoms with Gasteiger partial charge in [0.05, 0.1) is 17.2 Å². The standard InChI is InChI=1S/C26H27FN2O4S/c1-19-11-12-22(34(31,32)28-25-10-6-5-9-24(25)27)17-23(19)26(30)29-15-13-20(14-16-29)18-33-21-7-3-2-4-8-21/h2-12,17,20,28H,13-16,18H2,1H3. The first-order valence-electron chi connectivity index (χ1n) is 11.2. The molecular formula is C26H27FN2O4S. The van der Waals surface area contributed by atoms with Crippen molar-refractivity contribution in [2.45, 2.75) is 24.7 Å². The molecule has 0 bridgehead atoms. The van der Waals surface area contributed by atoms with E-state index < -0.39 is 15.8 Å². The van der Waals surface area contributed by atoms with Gasteiger partial charge in [-0.3, -0.25) is 9.52 Å². The molecule has 0 aliphatic carbocycles. The smallest absolute Gasteiger partial charge is 0.262 e. The summed E-state index contributed by atoms with van der Waals surface area (Å²) in [4.78, 5) is 14.9. The molecule has 1 N–H and O–H groups in total. The number of piperidine rings is 1. The molecule has 1 aliphatic rings. The average molecular weight is 483 g/mol. The van der Waals surface area contributed by atoms with Gasteiger partial charge in [-0.15, -0.1) is 0 Å². The van der Waals surface area contributed by atoms with Gasteiger partial charge in [0, 0.05) is 18.7 Å². The normalized spacial score (nSPS) is 14.6. The molecule has 4 rings (SSSR count). The van der Waals surface area contributed by atoms with Crippen LogP contribution in [0.15, 0.2) is 77.7 Å². The fourth-order valence-corrected chi connectivity index (χ4v) is 5.04. The van der Waals surface area contributed by atoms with Gasteiger partial charge in [-0.2, -0.15) is 0 Å². The maximum Gasteiger partial charge on any atom is 0.262 e. The molecule has 0 unspecified atom stereocenters. The predicted octanol–water partition coefficient (Wildman–Crippen LogP) is 4.87. The number of rotatable bonds is 7. The van der Waals surface area contributed by atoms with Crippen molar-refractivity contribution in [3.05, 3.63) is 89.7 Å². The highest BCUT2D eigenvalue weighted by Crippen LogP contribution is 2.25. The molecule has 0 atom stereocenters. The molecule has 6 nitrogen and oxygen atoms in total. The average Bonchev–Trinajstić information content (AvgIpc) is 2.85. The van der Waals surface area contributed by atoms with Crippen molar-refractivity contribution in [3.8, 4) is 5.75 Å². The first-order valence-corrected chi connectivity index (χ1v) is 12.7. The lowest BCUT2D eigenvalue weighted by Gasteiger charge is -2.32. The molecule has 1 saturated heterocycles. The number of carbonyl (C=O) groups excluding carboxylic acids is 1. The van der Waals surface area contributed by atoms with Crippen LogP contribution in [0.3, 0.4) is 0 Å². The van der Waals surface area contributed by atoms with Crippen LogP contribution in [-0.2, 0) is 10.0 Å². The third-order valence-electron chi connectivity index (χ3n) is 6.00. The summed E-state index contributed by atoms with van der Waals surface area (Å²) in [7, 11) is -4.06. The van der Waals surface area contributed by atoms with Gasteiger partial charge in [-0.25, -0.2) is 12.8 Å². The highest BCUT2D eigenvalue weighted by atomic mass is 32.2. The Labute approximate surface area is 199 Å². The van der Waals surface area contributed by atoms with Crippen LogP contribution >= 0.6 is 0 Å². The largest absolute Gasteiger partial charge is 0.493 e. The molecular weight excluding hydrogens is 455 g/mol. The molecule has 3 aromatic rings. The fraction of sp³-hybridized carbons (Fsp3) is 0.269. The zero-order chi connectivity index (χ0) is 24.1. The van der Waals surface area contributed by atoms with E-state index in [4.69, 9.17) is 4.74 Å². The van der Waals surface area contributed by atoms with Crippen LogP contribution in [-0.4, -0.2) is 38.9 Å². The molecule has 1 aliphatic heterocycles. The van der Waals surface area contributed by atoms with Crippen LogP contribution in [0.2, 0.25) is 0 Å². The van der Waals surface area contributed by atoms with Crippen molar-refractivity contribution < 1.29 is 22.3 Å². The summed E-state index contributed by atoms with van der Waals surface area (Å²) in [5.41, 5.74) is 0.871. The van der Waals surface area contributed by atoms with E-state index in [2.05, 4.69) is 4.72 Å². The van der Waals surface area contributed by atoms with Crippen molar-refractivity contribution in [1.29, 1.82) is 0 Å². The van der Waals surface area contributed by atoms with Crippen molar-refractivity contribution in [3.63, 3.8) is 0 Å². The van der Waals surface area contributed by atoms with E-state index in [0.29, 0.717) is 36.7 Å².